The number of carbonyl (C=O) groups is 1. The van der Waals surface area contributed by atoms with Crippen LogP contribution in [0.1, 0.15) is 22.5 Å². The van der Waals surface area contributed by atoms with E-state index in [1.54, 1.807) is 6.07 Å². The number of hydrogen-bond donors (Lipinski definition) is 1. The Labute approximate surface area is 101 Å². The first-order valence-corrected chi connectivity index (χ1v) is 6.34. The summed E-state index contributed by atoms with van der Waals surface area (Å²) in [5, 5.41) is 0. The van der Waals surface area contributed by atoms with E-state index in [0.717, 1.165) is 25.9 Å². The van der Waals surface area contributed by atoms with Gasteiger partial charge >= 0.3 is 0 Å². The number of rotatable bonds is 1. The Morgan fingerprint density at radius 3 is 2.88 bits per heavy atom. The van der Waals surface area contributed by atoms with Crippen LogP contribution >= 0.6 is 11.3 Å². The molecule has 1 aliphatic rings. The lowest BCUT2D eigenvalue weighted by Gasteiger charge is -2.12. The number of aromatic amines is 1. The van der Waals surface area contributed by atoms with E-state index in [-0.39, 0.29) is 11.5 Å². The molecule has 0 unspecified atom stereocenters. The van der Waals surface area contributed by atoms with Crippen molar-refractivity contribution in [2.24, 2.45) is 0 Å². The third-order valence-corrected chi connectivity index (χ3v) is 4.03. The van der Waals surface area contributed by atoms with Crippen LogP contribution in [0.25, 0.3) is 10.2 Å². The molecule has 1 N–H and O–H groups in total. The van der Waals surface area contributed by atoms with Crippen LogP contribution < -0.4 is 5.56 Å². The maximum atomic E-state index is 12.1. The number of likely N-dealkylation sites (tertiary alicyclic amines) is 1. The molecule has 88 valence electrons. The Morgan fingerprint density at radius 1 is 1.41 bits per heavy atom. The normalized spacial score (nSPS) is 15.6. The Bertz CT molecular complexity index is 625. The molecule has 1 amide bonds. The van der Waals surface area contributed by atoms with Gasteiger partial charge in [0, 0.05) is 13.1 Å². The number of thiophene rings is 1. The van der Waals surface area contributed by atoms with Crippen LogP contribution in [-0.4, -0.2) is 33.9 Å². The van der Waals surface area contributed by atoms with Crippen LogP contribution in [0.3, 0.4) is 0 Å². The van der Waals surface area contributed by atoms with Gasteiger partial charge in [0.1, 0.15) is 4.70 Å². The van der Waals surface area contributed by atoms with Gasteiger partial charge in [-0.1, -0.05) is 0 Å². The van der Waals surface area contributed by atoms with Crippen LogP contribution in [0.4, 0.5) is 0 Å². The van der Waals surface area contributed by atoms with Crippen molar-refractivity contribution < 1.29 is 4.79 Å². The van der Waals surface area contributed by atoms with Crippen LogP contribution in [0.2, 0.25) is 0 Å². The monoisotopic (exact) mass is 249 g/mol. The van der Waals surface area contributed by atoms with Crippen molar-refractivity contribution in [3.8, 4) is 0 Å². The molecule has 1 fully saturated rings. The number of nitrogens with one attached hydrogen (secondary N) is 1. The average molecular weight is 249 g/mol. The van der Waals surface area contributed by atoms with Crippen molar-refractivity contribution in [3.05, 3.63) is 27.6 Å². The van der Waals surface area contributed by atoms with E-state index in [1.807, 2.05) is 4.90 Å². The summed E-state index contributed by atoms with van der Waals surface area (Å²) in [5.41, 5.74) is 0.418. The molecule has 2 aromatic rings. The molecule has 1 saturated heterocycles. The van der Waals surface area contributed by atoms with Gasteiger partial charge in [0.15, 0.2) is 0 Å². The minimum absolute atomic E-state index is 0.0184. The summed E-state index contributed by atoms with van der Waals surface area (Å²) in [5.74, 6) is 0.0184. The highest BCUT2D eigenvalue weighted by molar-refractivity contribution is 7.20. The van der Waals surface area contributed by atoms with E-state index in [1.165, 1.54) is 17.7 Å². The lowest BCUT2D eigenvalue weighted by molar-refractivity contribution is 0.0797. The third kappa shape index (κ3) is 1.74. The number of aromatic nitrogens is 2. The molecule has 0 radical (unpaired) electrons. The first-order chi connectivity index (χ1) is 8.25. The molecule has 3 heterocycles. The fraction of sp³-hybridized carbons (Fsp3) is 0.364. The Hall–Kier alpha value is -1.69. The molecule has 3 rings (SSSR count). The Balaban J connectivity index is 2.03. The molecule has 0 atom stereocenters. The molecular formula is C11H11N3O2S. The van der Waals surface area contributed by atoms with E-state index in [4.69, 9.17) is 0 Å². The molecule has 0 spiro atoms. The predicted octanol–water partition coefficient (Wildman–Crippen LogP) is 1.22. The summed E-state index contributed by atoms with van der Waals surface area (Å²) in [6.45, 7) is 1.63. The van der Waals surface area contributed by atoms with E-state index >= 15 is 0 Å². The van der Waals surface area contributed by atoms with E-state index in [0.29, 0.717) is 15.1 Å². The summed E-state index contributed by atoms with van der Waals surface area (Å²) in [6, 6.07) is 1.70. The van der Waals surface area contributed by atoms with Crippen molar-refractivity contribution in [2.45, 2.75) is 12.8 Å². The first-order valence-electron chi connectivity index (χ1n) is 5.52. The summed E-state index contributed by atoms with van der Waals surface area (Å²) >= 11 is 1.22. The second kappa shape index (κ2) is 3.96. The quantitative estimate of drug-likeness (QED) is 0.826. The number of amides is 1. The maximum Gasteiger partial charge on any atom is 0.268 e. The zero-order chi connectivity index (χ0) is 11.8. The molecule has 0 saturated carbocycles. The minimum atomic E-state index is -0.180. The summed E-state index contributed by atoms with van der Waals surface area (Å²) < 4.78 is 0.523. The highest BCUT2D eigenvalue weighted by Gasteiger charge is 2.21. The first kappa shape index (κ1) is 10.5. The smallest absolute Gasteiger partial charge is 0.268 e. The van der Waals surface area contributed by atoms with Crippen LogP contribution in [0.5, 0.6) is 0 Å². The lowest BCUT2D eigenvalue weighted by atomic mass is 10.3. The molecule has 0 bridgehead atoms. The van der Waals surface area contributed by atoms with Crippen molar-refractivity contribution >= 4 is 27.5 Å². The molecule has 2 aromatic heterocycles. The Morgan fingerprint density at radius 2 is 2.18 bits per heavy atom. The van der Waals surface area contributed by atoms with Gasteiger partial charge in [0.2, 0.25) is 0 Å². The Kier molecular flexibility index (Phi) is 2.44. The number of fused-ring (bicyclic) bond motifs is 1. The number of H-pyrrole nitrogens is 1. The van der Waals surface area contributed by atoms with Crippen LogP contribution in [0.15, 0.2) is 17.2 Å². The summed E-state index contributed by atoms with van der Waals surface area (Å²) in [4.78, 5) is 32.7. The zero-order valence-electron chi connectivity index (χ0n) is 9.10. The van der Waals surface area contributed by atoms with Crippen LogP contribution in [0, 0.1) is 0 Å². The lowest BCUT2D eigenvalue weighted by Crippen LogP contribution is -2.26. The molecular weight excluding hydrogens is 238 g/mol. The van der Waals surface area contributed by atoms with Gasteiger partial charge in [-0.3, -0.25) is 9.59 Å². The van der Waals surface area contributed by atoms with Gasteiger partial charge in [0.05, 0.1) is 16.7 Å². The minimum Gasteiger partial charge on any atom is -0.338 e. The van der Waals surface area contributed by atoms with Crippen molar-refractivity contribution in [1.82, 2.24) is 14.9 Å². The van der Waals surface area contributed by atoms with Gasteiger partial charge in [-0.2, -0.15) is 0 Å². The topological polar surface area (TPSA) is 66.1 Å². The summed E-state index contributed by atoms with van der Waals surface area (Å²) in [6.07, 6.45) is 3.49. The van der Waals surface area contributed by atoms with E-state index < -0.39 is 0 Å². The second-order valence-electron chi connectivity index (χ2n) is 4.06. The molecule has 17 heavy (non-hydrogen) atoms. The van der Waals surface area contributed by atoms with Crippen molar-refractivity contribution in [3.63, 3.8) is 0 Å². The number of carbonyl (C=O) groups excluding carboxylic acids is 1. The standard InChI is InChI=1S/C11H11N3O2S/c15-10-9-7(12-6-13-10)5-8(17-9)11(16)14-3-1-2-4-14/h5-6H,1-4H2,(H,12,13,15). The maximum absolute atomic E-state index is 12.1. The molecule has 5 nitrogen and oxygen atoms in total. The molecule has 0 aromatic carbocycles. The fourth-order valence-electron chi connectivity index (χ4n) is 2.05. The van der Waals surface area contributed by atoms with Gasteiger partial charge in [-0.25, -0.2) is 4.98 Å². The predicted molar refractivity (Wildman–Crippen MR) is 65.4 cm³/mol. The van der Waals surface area contributed by atoms with Gasteiger partial charge in [0.25, 0.3) is 11.5 Å². The number of nitrogens with zero attached hydrogens (tertiary/aromatic N) is 2. The SMILES string of the molecule is O=C(c1cc2nc[nH]c(=O)c2s1)N1CCCC1. The fourth-order valence-corrected chi connectivity index (χ4v) is 3.02. The largest absolute Gasteiger partial charge is 0.338 e. The van der Waals surface area contributed by atoms with Crippen LogP contribution in [-0.2, 0) is 0 Å². The zero-order valence-corrected chi connectivity index (χ0v) is 9.92. The highest BCUT2D eigenvalue weighted by atomic mass is 32.1. The highest BCUT2D eigenvalue weighted by Crippen LogP contribution is 2.23. The van der Waals surface area contributed by atoms with Crippen molar-refractivity contribution in [2.75, 3.05) is 13.1 Å². The molecule has 6 heteroatoms. The van der Waals surface area contributed by atoms with Gasteiger partial charge in [-0.05, 0) is 18.9 Å². The van der Waals surface area contributed by atoms with E-state index in [2.05, 4.69) is 9.97 Å². The molecule has 0 aliphatic carbocycles. The van der Waals surface area contributed by atoms with Gasteiger partial charge in [-0.15, -0.1) is 11.3 Å². The van der Waals surface area contributed by atoms with E-state index in [9.17, 15) is 9.59 Å². The average Bonchev–Trinajstić information content (AvgIpc) is 2.98. The summed E-state index contributed by atoms with van der Waals surface area (Å²) in [7, 11) is 0. The third-order valence-electron chi connectivity index (χ3n) is 2.92. The van der Waals surface area contributed by atoms with Crippen molar-refractivity contribution in [1.29, 1.82) is 0 Å². The second-order valence-corrected chi connectivity index (χ2v) is 5.11. The van der Waals surface area contributed by atoms with Gasteiger partial charge < -0.3 is 9.88 Å². The number of hydrogen-bond acceptors (Lipinski definition) is 4. The molecule has 1 aliphatic heterocycles.